The first-order chi connectivity index (χ1) is 10.1. The van der Waals surface area contributed by atoms with Crippen molar-refractivity contribution in [3.05, 3.63) is 53.1 Å². The predicted molar refractivity (Wildman–Crippen MR) is 86.0 cm³/mol. The number of halogens is 1. The Hall–Kier alpha value is -2.20. The van der Waals surface area contributed by atoms with E-state index in [1.165, 1.54) is 0 Å². The standard InChI is InChI=1S/C16H17ClN2O2/c1-2-7-21-15-5-3-14(4-6-15)19-16(20)11-8-12(17)10-13(18)9-11/h3-6,8-10H,2,7,18H2,1H3,(H,19,20). The zero-order valence-corrected chi connectivity index (χ0v) is 12.5. The smallest absolute Gasteiger partial charge is 0.255 e. The van der Waals surface area contributed by atoms with Crippen LogP contribution >= 0.6 is 11.6 Å². The zero-order chi connectivity index (χ0) is 15.2. The van der Waals surface area contributed by atoms with Crippen LogP contribution in [-0.4, -0.2) is 12.5 Å². The summed E-state index contributed by atoms with van der Waals surface area (Å²) in [4.78, 5) is 12.1. The van der Waals surface area contributed by atoms with Crippen molar-refractivity contribution in [1.29, 1.82) is 0 Å². The molecule has 0 aromatic heterocycles. The molecule has 5 heteroatoms. The molecule has 0 saturated carbocycles. The maximum Gasteiger partial charge on any atom is 0.255 e. The Bertz CT molecular complexity index is 606. The number of hydrogen-bond acceptors (Lipinski definition) is 3. The van der Waals surface area contributed by atoms with Gasteiger partial charge in [-0.25, -0.2) is 0 Å². The van der Waals surface area contributed by atoms with Gasteiger partial charge in [0, 0.05) is 22.0 Å². The van der Waals surface area contributed by atoms with Gasteiger partial charge in [-0.15, -0.1) is 0 Å². The lowest BCUT2D eigenvalue weighted by molar-refractivity contribution is 0.102. The Kier molecular flexibility index (Phi) is 5.06. The fraction of sp³-hybridized carbons (Fsp3) is 0.188. The molecular weight excluding hydrogens is 288 g/mol. The Morgan fingerprint density at radius 2 is 1.95 bits per heavy atom. The summed E-state index contributed by atoms with van der Waals surface area (Å²) in [5.74, 6) is 0.522. The van der Waals surface area contributed by atoms with E-state index in [4.69, 9.17) is 22.1 Å². The molecule has 0 unspecified atom stereocenters. The molecule has 0 spiro atoms. The molecule has 0 saturated heterocycles. The number of carbonyl (C=O) groups excluding carboxylic acids is 1. The molecule has 0 bridgehead atoms. The molecule has 3 N–H and O–H groups in total. The molecule has 0 aliphatic carbocycles. The van der Waals surface area contributed by atoms with Gasteiger partial charge in [0.25, 0.3) is 5.91 Å². The minimum atomic E-state index is -0.258. The van der Waals surface area contributed by atoms with Gasteiger partial charge < -0.3 is 15.8 Å². The minimum Gasteiger partial charge on any atom is -0.494 e. The highest BCUT2D eigenvalue weighted by Gasteiger charge is 2.08. The number of hydrogen-bond donors (Lipinski definition) is 2. The maximum absolute atomic E-state index is 12.1. The summed E-state index contributed by atoms with van der Waals surface area (Å²) in [5.41, 5.74) is 7.24. The molecule has 0 heterocycles. The van der Waals surface area contributed by atoms with E-state index in [9.17, 15) is 4.79 Å². The van der Waals surface area contributed by atoms with Crippen LogP contribution in [-0.2, 0) is 0 Å². The zero-order valence-electron chi connectivity index (χ0n) is 11.7. The second kappa shape index (κ2) is 6.99. The molecule has 0 aliphatic rings. The van der Waals surface area contributed by atoms with E-state index in [1.54, 1.807) is 30.3 Å². The van der Waals surface area contributed by atoms with Crippen molar-refractivity contribution in [2.24, 2.45) is 0 Å². The fourth-order valence-corrected chi connectivity index (χ4v) is 2.04. The van der Waals surface area contributed by atoms with Crippen molar-refractivity contribution in [2.75, 3.05) is 17.7 Å². The van der Waals surface area contributed by atoms with Crippen LogP contribution in [0.1, 0.15) is 23.7 Å². The van der Waals surface area contributed by atoms with Crippen molar-refractivity contribution in [1.82, 2.24) is 0 Å². The van der Waals surface area contributed by atoms with E-state index in [1.807, 2.05) is 19.1 Å². The lowest BCUT2D eigenvalue weighted by atomic mass is 10.2. The van der Waals surface area contributed by atoms with E-state index < -0.39 is 0 Å². The molecule has 21 heavy (non-hydrogen) atoms. The van der Waals surface area contributed by atoms with Gasteiger partial charge in [-0.3, -0.25) is 4.79 Å². The highest BCUT2D eigenvalue weighted by atomic mass is 35.5. The molecule has 1 amide bonds. The van der Waals surface area contributed by atoms with Crippen LogP contribution in [0.4, 0.5) is 11.4 Å². The number of rotatable bonds is 5. The van der Waals surface area contributed by atoms with E-state index in [0.717, 1.165) is 12.2 Å². The summed E-state index contributed by atoms with van der Waals surface area (Å²) in [6, 6.07) is 12.0. The van der Waals surface area contributed by atoms with E-state index >= 15 is 0 Å². The molecule has 2 aromatic rings. The third kappa shape index (κ3) is 4.39. The van der Waals surface area contributed by atoms with Crippen LogP contribution in [0, 0.1) is 0 Å². The molecule has 0 fully saturated rings. The number of ether oxygens (including phenoxy) is 1. The summed E-state index contributed by atoms with van der Waals surface area (Å²) < 4.78 is 5.48. The topological polar surface area (TPSA) is 64.3 Å². The number of anilines is 2. The van der Waals surface area contributed by atoms with Crippen LogP contribution in [0.15, 0.2) is 42.5 Å². The summed E-state index contributed by atoms with van der Waals surface area (Å²) in [6.45, 7) is 2.72. The first-order valence-electron chi connectivity index (χ1n) is 6.69. The molecule has 0 aliphatic heterocycles. The second-order valence-corrected chi connectivity index (χ2v) is 5.04. The van der Waals surface area contributed by atoms with Crippen LogP contribution in [0.25, 0.3) is 0 Å². The van der Waals surface area contributed by atoms with Crippen LogP contribution in [0.3, 0.4) is 0 Å². The maximum atomic E-state index is 12.1. The molecule has 4 nitrogen and oxygen atoms in total. The summed E-state index contributed by atoms with van der Waals surface area (Å²) in [6.07, 6.45) is 0.953. The summed E-state index contributed by atoms with van der Waals surface area (Å²) in [5, 5.41) is 3.22. The van der Waals surface area contributed by atoms with Gasteiger partial charge in [0.15, 0.2) is 0 Å². The van der Waals surface area contributed by atoms with Gasteiger partial charge in [-0.2, -0.15) is 0 Å². The highest BCUT2D eigenvalue weighted by Crippen LogP contribution is 2.19. The molecule has 2 rings (SSSR count). The Morgan fingerprint density at radius 1 is 1.24 bits per heavy atom. The van der Waals surface area contributed by atoms with E-state index in [0.29, 0.717) is 28.6 Å². The van der Waals surface area contributed by atoms with Crippen molar-refractivity contribution >= 4 is 28.9 Å². The van der Waals surface area contributed by atoms with Gasteiger partial charge in [0.05, 0.1) is 6.61 Å². The normalized spacial score (nSPS) is 10.2. The second-order valence-electron chi connectivity index (χ2n) is 4.60. The number of nitrogen functional groups attached to an aromatic ring is 1. The number of benzene rings is 2. The van der Waals surface area contributed by atoms with Crippen LogP contribution in [0.5, 0.6) is 5.75 Å². The number of amides is 1. The van der Waals surface area contributed by atoms with Crippen molar-refractivity contribution in [3.63, 3.8) is 0 Å². The van der Waals surface area contributed by atoms with Crippen molar-refractivity contribution in [3.8, 4) is 5.75 Å². The Morgan fingerprint density at radius 3 is 2.57 bits per heavy atom. The average Bonchev–Trinajstić information content (AvgIpc) is 2.45. The van der Waals surface area contributed by atoms with E-state index in [2.05, 4.69) is 5.32 Å². The van der Waals surface area contributed by atoms with Crippen LogP contribution in [0.2, 0.25) is 5.02 Å². The first-order valence-corrected chi connectivity index (χ1v) is 7.06. The van der Waals surface area contributed by atoms with Gasteiger partial charge in [0.1, 0.15) is 5.75 Å². The minimum absolute atomic E-state index is 0.258. The molecule has 2 aromatic carbocycles. The third-order valence-corrected chi connectivity index (χ3v) is 2.99. The quantitative estimate of drug-likeness (QED) is 0.822. The predicted octanol–water partition coefficient (Wildman–Crippen LogP) is 3.96. The fourth-order valence-electron chi connectivity index (χ4n) is 1.80. The van der Waals surface area contributed by atoms with Gasteiger partial charge in [-0.05, 0) is 48.9 Å². The molecule has 0 radical (unpaired) electrons. The molecule has 0 atom stereocenters. The highest BCUT2D eigenvalue weighted by molar-refractivity contribution is 6.31. The van der Waals surface area contributed by atoms with Gasteiger partial charge in [-0.1, -0.05) is 18.5 Å². The van der Waals surface area contributed by atoms with Crippen molar-refractivity contribution < 1.29 is 9.53 Å². The summed E-state index contributed by atoms with van der Waals surface area (Å²) in [7, 11) is 0. The van der Waals surface area contributed by atoms with Crippen molar-refractivity contribution in [2.45, 2.75) is 13.3 Å². The lowest BCUT2D eigenvalue weighted by Gasteiger charge is -2.08. The number of nitrogens with two attached hydrogens (primary N) is 1. The Balaban J connectivity index is 2.05. The largest absolute Gasteiger partial charge is 0.494 e. The lowest BCUT2D eigenvalue weighted by Crippen LogP contribution is -2.12. The van der Waals surface area contributed by atoms with Gasteiger partial charge in [0.2, 0.25) is 0 Å². The monoisotopic (exact) mass is 304 g/mol. The van der Waals surface area contributed by atoms with Gasteiger partial charge >= 0.3 is 0 Å². The number of carbonyl (C=O) groups is 1. The molecule has 110 valence electrons. The van der Waals surface area contributed by atoms with E-state index in [-0.39, 0.29) is 5.91 Å². The van der Waals surface area contributed by atoms with Crippen LogP contribution < -0.4 is 15.8 Å². The average molecular weight is 305 g/mol. The Labute approximate surface area is 128 Å². The SMILES string of the molecule is CCCOc1ccc(NC(=O)c2cc(N)cc(Cl)c2)cc1. The molecular formula is C16H17ClN2O2. The third-order valence-electron chi connectivity index (χ3n) is 2.77. The summed E-state index contributed by atoms with van der Waals surface area (Å²) >= 11 is 5.89. The first kappa shape index (κ1) is 15.2. The number of nitrogens with one attached hydrogen (secondary N) is 1.